The van der Waals surface area contributed by atoms with E-state index in [0.717, 1.165) is 5.56 Å². The zero-order chi connectivity index (χ0) is 15.4. The van der Waals surface area contributed by atoms with E-state index in [1.807, 2.05) is 0 Å². The maximum atomic E-state index is 11.9. The largest absolute Gasteiger partial charge is 0.481 e. The van der Waals surface area contributed by atoms with Crippen LogP contribution < -0.4 is 10.1 Å². The molecule has 0 saturated carbocycles. The fourth-order valence-electron chi connectivity index (χ4n) is 1.56. The Morgan fingerprint density at radius 3 is 2.62 bits per heavy atom. The molecule has 110 valence electrons. The highest BCUT2D eigenvalue weighted by molar-refractivity contribution is 6.42. The van der Waals surface area contributed by atoms with Crippen molar-refractivity contribution in [3.63, 3.8) is 0 Å². The van der Waals surface area contributed by atoms with Gasteiger partial charge in [-0.25, -0.2) is 4.98 Å². The zero-order valence-electron chi connectivity index (χ0n) is 10.9. The molecule has 0 spiro atoms. The van der Waals surface area contributed by atoms with Crippen molar-refractivity contribution in [2.45, 2.75) is 6.42 Å². The molecule has 2 aromatic rings. The topological polar surface area (TPSA) is 64.1 Å². The number of benzene rings is 1. The van der Waals surface area contributed by atoms with Gasteiger partial charge in [-0.3, -0.25) is 10.1 Å². The van der Waals surface area contributed by atoms with E-state index in [1.54, 1.807) is 18.2 Å². The molecular formula is C13H10Cl3N3O2. The molecule has 0 fully saturated rings. The average Bonchev–Trinajstić information content (AvgIpc) is 2.42. The van der Waals surface area contributed by atoms with Gasteiger partial charge in [0.25, 0.3) is 0 Å². The van der Waals surface area contributed by atoms with Crippen LogP contribution in [0, 0.1) is 0 Å². The van der Waals surface area contributed by atoms with Crippen molar-refractivity contribution in [1.29, 1.82) is 0 Å². The molecule has 5 nitrogen and oxygen atoms in total. The number of methoxy groups -OCH3 is 1. The van der Waals surface area contributed by atoms with Crippen molar-refractivity contribution >= 4 is 46.7 Å². The summed E-state index contributed by atoms with van der Waals surface area (Å²) in [4.78, 5) is 19.8. The van der Waals surface area contributed by atoms with Gasteiger partial charge in [0, 0.05) is 6.07 Å². The lowest BCUT2D eigenvalue weighted by atomic mass is 10.1. The van der Waals surface area contributed by atoms with Crippen LogP contribution in [0.25, 0.3) is 0 Å². The number of halogens is 3. The predicted octanol–water partition coefficient (Wildman–Crippen LogP) is 3.63. The van der Waals surface area contributed by atoms with Crippen LogP contribution in [0.4, 0.5) is 5.95 Å². The molecule has 1 aromatic heterocycles. The average molecular weight is 347 g/mol. The Balaban J connectivity index is 2.07. The molecule has 1 N–H and O–H groups in total. The van der Waals surface area contributed by atoms with E-state index in [1.165, 1.54) is 13.2 Å². The summed E-state index contributed by atoms with van der Waals surface area (Å²) >= 11 is 17.5. The van der Waals surface area contributed by atoms with Gasteiger partial charge in [0.05, 0.1) is 23.6 Å². The van der Waals surface area contributed by atoms with E-state index in [0.29, 0.717) is 10.0 Å². The molecule has 8 heteroatoms. The first kappa shape index (κ1) is 15.8. The number of ether oxygens (including phenoxy) is 1. The maximum Gasteiger partial charge on any atom is 0.234 e. The van der Waals surface area contributed by atoms with Gasteiger partial charge in [0.2, 0.25) is 17.7 Å². The standard InChI is InChI=1S/C13H10Cl3N3O2/c1-21-12-6-10(16)17-13(19-12)18-11(20)5-7-2-3-8(14)9(15)4-7/h2-4,6H,5H2,1H3,(H,17,18,19,20). The van der Waals surface area contributed by atoms with E-state index >= 15 is 0 Å². The van der Waals surface area contributed by atoms with Crippen molar-refractivity contribution in [2.75, 3.05) is 12.4 Å². The van der Waals surface area contributed by atoms with Gasteiger partial charge in [0.15, 0.2) is 0 Å². The Bertz CT molecular complexity index is 680. The normalized spacial score (nSPS) is 10.3. The van der Waals surface area contributed by atoms with Gasteiger partial charge >= 0.3 is 0 Å². The molecule has 1 heterocycles. The summed E-state index contributed by atoms with van der Waals surface area (Å²) in [6.07, 6.45) is 0.106. The van der Waals surface area contributed by atoms with Crippen molar-refractivity contribution in [3.05, 3.63) is 45.0 Å². The summed E-state index contributed by atoms with van der Waals surface area (Å²) in [5.74, 6) is 0.0296. The molecule has 21 heavy (non-hydrogen) atoms. The van der Waals surface area contributed by atoms with Crippen LogP contribution in [0.5, 0.6) is 5.88 Å². The van der Waals surface area contributed by atoms with Crippen molar-refractivity contribution in [1.82, 2.24) is 9.97 Å². The van der Waals surface area contributed by atoms with Gasteiger partial charge in [-0.1, -0.05) is 40.9 Å². The Kier molecular flexibility index (Phi) is 5.22. The molecular weight excluding hydrogens is 337 g/mol. The second-order valence-electron chi connectivity index (χ2n) is 4.03. The molecule has 2 rings (SSSR count). The Morgan fingerprint density at radius 1 is 1.19 bits per heavy atom. The SMILES string of the molecule is COc1cc(Cl)nc(NC(=O)Cc2ccc(Cl)c(Cl)c2)n1. The van der Waals surface area contributed by atoms with Gasteiger partial charge in [-0.15, -0.1) is 0 Å². The Labute approximate surface area is 136 Å². The lowest BCUT2D eigenvalue weighted by Crippen LogP contribution is -2.16. The number of hydrogen-bond donors (Lipinski definition) is 1. The van der Waals surface area contributed by atoms with Crippen molar-refractivity contribution < 1.29 is 9.53 Å². The minimum atomic E-state index is -0.308. The molecule has 0 bridgehead atoms. The maximum absolute atomic E-state index is 11.9. The monoisotopic (exact) mass is 345 g/mol. The summed E-state index contributed by atoms with van der Waals surface area (Å²) in [5.41, 5.74) is 0.718. The van der Waals surface area contributed by atoms with Crippen LogP contribution in [0.3, 0.4) is 0 Å². The van der Waals surface area contributed by atoms with Crippen molar-refractivity contribution in [2.24, 2.45) is 0 Å². The van der Waals surface area contributed by atoms with Gasteiger partial charge < -0.3 is 4.74 Å². The fraction of sp³-hybridized carbons (Fsp3) is 0.154. The minimum Gasteiger partial charge on any atom is -0.481 e. The van der Waals surface area contributed by atoms with Crippen LogP contribution in [-0.2, 0) is 11.2 Å². The molecule has 0 saturated heterocycles. The highest BCUT2D eigenvalue weighted by Crippen LogP contribution is 2.23. The first-order valence-electron chi connectivity index (χ1n) is 5.80. The minimum absolute atomic E-state index is 0.0735. The lowest BCUT2D eigenvalue weighted by molar-refractivity contribution is -0.115. The van der Waals surface area contributed by atoms with E-state index < -0.39 is 0 Å². The highest BCUT2D eigenvalue weighted by Gasteiger charge is 2.10. The van der Waals surface area contributed by atoms with Crippen LogP contribution in [0.1, 0.15) is 5.56 Å². The number of rotatable bonds is 4. The van der Waals surface area contributed by atoms with Crippen LogP contribution >= 0.6 is 34.8 Å². The van der Waals surface area contributed by atoms with Crippen LogP contribution in [-0.4, -0.2) is 23.0 Å². The molecule has 1 aromatic carbocycles. The van der Waals surface area contributed by atoms with E-state index in [-0.39, 0.29) is 29.3 Å². The van der Waals surface area contributed by atoms with Crippen molar-refractivity contribution in [3.8, 4) is 5.88 Å². The zero-order valence-corrected chi connectivity index (χ0v) is 13.1. The van der Waals surface area contributed by atoms with Gasteiger partial charge in [0.1, 0.15) is 5.15 Å². The molecule has 0 aliphatic heterocycles. The molecule has 1 amide bonds. The second-order valence-corrected chi connectivity index (χ2v) is 5.23. The number of carbonyl (C=O) groups excluding carboxylic acids is 1. The van der Waals surface area contributed by atoms with E-state index in [9.17, 15) is 4.79 Å². The first-order chi connectivity index (χ1) is 9.97. The summed E-state index contributed by atoms with van der Waals surface area (Å²) in [6, 6.07) is 6.41. The van der Waals surface area contributed by atoms with Crippen LogP contribution in [0.15, 0.2) is 24.3 Å². The summed E-state index contributed by atoms with van der Waals surface area (Å²) in [6.45, 7) is 0. The number of aromatic nitrogens is 2. The molecule has 0 aliphatic carbocycles. The fourth-order valence-corrected chi connectivity index (χ4v) is 2.06. The molecule has 0 atom stereocenters. The summed E-state index contributed by atoms with van der Waals surface area (Å²) in [7, 11) is 1.44. The molecule has 0 radical (unpaired) electrons. The predicted molar refractivity (Wildman–Crippen MR) is 82.4 cm³/mol. The van der Waals surface area contributed by atoms with E-state index in [2.05, 4.69) is 15.3 Å². The van der Waals surface area contributed by atoms with Crippen LogP contribution in [0.2, 0.25) is 15.2 Å². The van der Waals surface area contributed by atoms with E-state index in [4.69, 9.17) is 39.5 Å². The third-order valence-corrected chi connectivity index (χ3v) is 3.41. The quantitative estimate of drug-likeness (QED) is 0.859. The Morgan fingerprint density at radius 2 is 1.95 bits per heavy atom. The van der Waals surface area contributed by atoms with Gasteiger partial charge in [-0.05, 0) is 17.7 Å². The number of anilines is 1. The number of hydrogen-bond acceptors (Lipinski definition) is 4. The smallest absolute Gasteiger partial charge is 0.234 e. The third kappa shape index (κ3) is 4.46. The molecule has 0 aliphatic rings. The lowest BCUT2D eigenvalue weighted by Gasteiger charge is -2.06. The summed E-state index contributed by atoms with van der Waals surface area (Å²) < 4.78 is 4.95. The molecule has 0 unspecified atom stereocenters. The highest BCUT2D eigenvalue weighted by atomic mass is 35.5. The number of carbonyl (C=O) groups is 1. The Hall–Kier alpha value is -1.56. The third-order valence-electron chi connectivity index (χ3n) is 2.48. The first-order valence-corrected chi connectivity index (χ1v) is 6.93. The number of amides is 1. The number of nitrogens with one attached hydrogen (secondary N) is 1. The number of nitrogens with zero attached hydrogens (tertiary/aromatic N) is 2. The van der Waals surface area contributed by atoms with Gasteiger partial charge in [-0.2, -0.15) is 4.98 Å². The second kappa shape index (κ2) is 6.93. The summed E-state index contributed by atoms with van der Waals surface area (Å²) in [5, 5.41) is 3.54.